The Morgan fingerprint density at radius 3 is 2.00 bits per heavy atom. The summed E-state index contributed by atoms with van der Waals surface area (Å²) < 4.78 is 1.74. The second-order valence-corrected chi connectivity index (χ2v) is 4.36. The van der Waals surface area contributed by atoms with Crippen LogP contribution in [0.15, 0.2) is 6.33 Å². The van der Waals surface area contributed by atoms with E-state index < -0.39 is 0 Å². The predicted octanol–water partition coefficient (Wildman–Crippen LogP) is -2.28. The van der Waals surface area contributed by atoms with Gasteiger partial charge >= 0.3 is 0 Å². The first-order valence-electron chi connectivity index (χ1n) is 6.50. The number of rotatable bonds is 2. The maximum atomic E-state index is 3.80. The van der Waals surface area contributed by atoms with Crippen LogP contribution in [0.4, 0.5) is 0 Å². The van der Waals surface area contributed by atoms with Crippen molar-refractivity contribution in [2.45, 2.75) is 6.67 Å². The SMILES string of the molecule is C1CNCCN1.c1nnnn1CN1CCNCC1. The lowest BCUT2D eigenvalue weighted by Crippen LogP contribution is -2.44. The predicted molar refractivity (Wildman–Crippen MR) is 68.0 cm³/mol. The van der Waals surface area contributed by atoms with Gasteiger partial charge in [-0.2, -0.15) is 0 Å². The summed E-state index contributed by atoms with van der Waals surface area (Å²) in [6.45, 7) is 9.61. The number of hydrogen-bond acceptors (Lipinski definition) is 7. The van der Waals surface area contributed by atoms with Crippen LogP contribution >= 0.6 is 0 Å². The van der Waals surface area contributed by atoms with Crippen molar-refractivity contribution in [2.75, 3.05) is 52.4 Å². The van der Waals surface area contributed by atoms with Crippen molar-refractivity contribution in [1.29, 1.82) is 0 Å². The molecule has 3 rings (SSSR count). The van der Waals surface area contributed by atoms with Crippen LogP contribution < -0.4 is 16.0 Å². The number of aromatic nitrogens is 4. The van der Waals surface area contributed by atoms with E-state index in [1.807, 2.05) is 0 Å². The van der Waals surface area contributed by atoms with Crippen LogP contribution in [0.1, 0.15) is 0 Å². The zero-order valence-corrected chi connectivity index (χ0v) is 10.7. The minimum Gasteiger partial charge on any atom is -0.314 e. The maximum absolute atomic E-state index is 3.80. The van der Waals surface area contributed by atoms with Gasteiger partial charge in [-0.05, 0) is 10.4 Å². The molecular weight excluding hydrogens is 232 g/mol. The van der Waals surface area contributed by atoms with Crippen molar-refractivity contribution < 1.29 is 0 Å². The van der Waals surface area contributed by atoms with Crippen LogP contribution in [-0.2, 0) is 6.67 Å². The van der Waals surface area contributed by atoms with Gasteiger partial charge in [-0.3, -0.25) is 4.90 Å². The van der Waals surface area contributed by atoms with E-state index in [2.05, 4.69) is 36.4 Å². The van der Waals surface area contributed by atoms with E-state index in [0.717, 1.165) is 59.0 Å². The van der Waals surface area contributed by atoms with E-state index >= 15 is 0 Å². The van der Waals surface area contributed by atoms with E-state index in [9.17, 15) is 0 Å². The zero-order valence-electron chi connectivity index (χ0n) is 10.7. The number of nitrogens with one attached hydrogen (secondary N) is 3. The summed E-state index contributed by atoms with van der Waals surface area (Å²) in [6, 6.07) is 0. The molecule has 102 valence electrons. The highest BCUT2D eigenvalue weighted by Crippen LogP contribution is 1.93. The van der Waals surface area contributed by atoms with Gasteiger partial charge in [0.2, 0.25) is 0 Å². The number of nitrogens with zero attached hydrogens (tertiary/aromatic N) is 5. The molecule has 0 aliphatic carbocycles. The fourth-order valence-electron chi connectivity index (χ4n) is 1.91. The summed E-state index contributed by atoms with van der Waals surface area (Å²) in [6.07, 6.45) is 1.64. The Hall–Kier alpha value is -1.09. The van der Waals surface area contributed by atoms with Gasteiger partial charge in [0.15, 0.2) is 0 Å². The lowest BCUT2D eigenvalue weighted by Gasteiger charge is -2.26. The molecule has 3 N–H and O–H groups in total. The van der Waals surface area contributed by atoms with Gasteiger partial charge in [0.05, 0.1) is 6.67 Å². The zero-order chi connectivity index (χ0) is 12.5. The first-order valence-corrected chi connectivity index (χ1v) is 6.50. The Morgan fingerprint density at radius 2 is 1.50 bits per heavy atom. The summed E-state index contributed by atoms with van der Waals surface area (Å²) in [5, 5.41) is 20.7. The number of hydrogen-bond donors (Lipinski definition) is 3. The van der Waals surface area contributed by atoms with Crippen molar-refractivity contribution in [2.24, 2.45) is 0 Å². The largest absolute Gasteiger partial charge is 0.314 e. The standard InChI is InChI=1S/C6H12N6.C4H10N2/c1-3-11(4-2-7-1)6-12-5-8-9-10-12;1-2-6-4-3-5-1/h5,7H,1-4,6H2;5-6H,1-4H2. The monoisotopic (exact) mass is 254 g/mol. The Labute approximate surface area is 107 Å². The molecule has 0 bridgehead atoms. The van der Waals surface area contributed by atoms with Crippen molar-refractivity contribution in [3.63, 3.8) is 0 Å². The average molecular weight is 254 g/mol. The molecule has 0 saturated carbocycles. The van der Waals surface area contributed by atoms with Gasteiger partial charge in [-0.15, -0.1) is 5.10 Å². The molecule has 18 heavy (non-hydrogen) atoms. The summed E-state index contributed by atoms with van der Waals surface area (Å²) in [7, 11) is 0. The van der Waals surface area contributed by atoms with Crippen LogP contribution in [-0.4, -0.2) is 77.5 Å². The molecular formula is C10H22N8. The maximum Gasteiger partial charge on any atom is 0.139 e. The highest BCUT2D eigenvalue weighted by Gasteiger charge is 2.09. The van der Waals surface area contributed by atoms with Gasteiger partial charge in [-0.1, -0.05) is 0 Å². The Morgan fingerprint density at radius 1 is 0.889 bits per heavy atom. The summed E-state index contributed by atoms with van der Waals surface area (Å²) in [5.74, 6) is 0. The molecule has 2 aliphatic rings. The fourth-order valence-corrected chi connectivity index (χ4v) is 1.91. The van der Waals surface area contributed by atoms with Crippen LogP contribution in [0.2, 0.25) is 0 Å². The molecule has 2 aliphatic heterocycles. The molecule has 1 aromatic rings. The lowest BCUT2D eigenvalue weighted by molar-refractivity contribution is 0.182. The molecule has 0 radical (unpaired) electrons. The van der Waals surface area contributed by atoms with Gasteiger partial charge in [0, 0.05) is 52.4 Å². The fraction of sp³-hybridized carbons (Fsp3) is 0.900. The van der Waals surface area contributed by atoms with E-state index in [-0.39, 0.29) is 0 Å². The average Bonchev–Trinajstić information content (AvgIpc) is 2.96. The normalized spacial score (nSPS) is 21.1. The highest BCUT2D eigenvalue weighted by atomic mass is 15.6. The van der Waals surface area contributed by atoms with E-state index in [4.69, 9.17) is 0 Å². The molecule has 2 saturated heterocycles. The van der Waals surface area contributed by atoms with Crippen molar-refractivity contribution in [3.05, 3.63) is 6.33 Å². The van der Waals surface area contributed by atoms with Crippen LogP contribution in [0.5, 0.6) is 0 Å². The van der Waals surface area contributed by atoms with Crippen molar-refractivity contribution >= 4 is 0 Å². The molecule has 0 aromatic carbocycles. The van der Waals surface area contributed by atoms with Gasteiger partial charge in [-0.25, -0.2) is 4.68 Å². The van der Waals surface area contributed by atoms with Crippen LogP contribution in [0.3, 0.4) is 0 Å². The van der Waals surface area contributed by atoms with Gasteiger partial charge in [0.25, 0.3) is 0 Å². The molecule has 3 heterocycles. The molecule has 1 aromatic heterocycles. The third-order valence-corrected chi connectivity index (χ3v) is 2.90. The smallest absolute Gasteiger partial charge is 0.139 e. The molecule has 0 spiro atoms. The third kappa shape index (κ3) is 5.05. The molecule has 2 fully saturated rings. The second kappa shape index (κ2) is 8.09. The summed E-state index contributed by atoms with van der Waals surface area (Å²) in [5.41, 5.74) is 0. The Balaban J connectivity index is 0.000000169. The van der Waals surface area contributed by atoms with Crippen molar-refractivity contribution in [3.8, 4) is 0 Å². The Kier molecular flexibility index (Phi) is 6.00. The summed E-state index contributed by atoms with van der Waals surface area (Å²) >= 11 is 0. The second-order valence-electron chi connectivity index (χ2n) is 4.36. The Bertz CT molecular complexity index is 279. The molecule has 8 heteroatoms. The quantitative estimate of drug-likeness (QED) is 0.548. The number of tetrazole rings is 1. The highest BCUT2D eigenvalue weighted by molar-refractivity contribution is 4.65. The minimum atomic E-state index is 0.800. The van der Waals surface area contributed by atoms with Crippen molar-refractivity contribution in [1.82, 2.24) is 41.1 Å². The van der Waals surface area contributed by atoms with Crippen LogP contribution in [0, 0.1) is 0 Å². The van der Waals surface area contributed by atoms with E-state index in [0.29, 0.717) is 0 Å². The molecule has 0 amide bonds. The van der Waals surface area contributed by atoms with Crippen LogP contribution in [0.25, 0.3) is 0 Å². The third-order valence-electron chi connectivity index (χ3n) is 2.90. The topological polar surface area (TPSA) is 82.9 Å². The minimum absolute atomic E-state index is 0.800. The van der Waals surface area contributed by atoms with Gasteiger partial charge < -0.3 is 16.0 Å². The van der Waals surface area contributed by atoms with E-state index in [1.165, 1.54) is 0 Å². The summed E-state index contributed by atoms with van der Waals surface area (Å²) in [4.78, 5) is 2.31. The van der Waals surface area contributed by atoms with Gasteiger partial charge in [0.1, 0.15) is 6.33 Å². The van der Waals surface area contributed by atoms with E-state index in [1.54, 1.807) is 11.0 Å². The first-order chi connectivity index (χ1) is 8.95. The number of piperazine rings is 2. The molecule has 8 nitrogen and oxygen atoms in total. The lowest BCUT2D eigenvalue weighted by atomic mass is 10.4. The molecule has 0 atom stereocenters. The molecule has 0 unspecified atom stereocenters. The first kappa shape index (κ1) is 13.3.